The maximum Gasteiger partial charge on any atom is 0.278 e. The summed E-state index contributed by atoms with van der Waals surface area (Å²) in [5.74, 6) is 0.484. The van der Waals surface area contributed by atoms with Crippen molar-refractivity contribution in [2.75, 3.05) is 16.8 Å². The van der Waals surface area contributed by atoms with Crippen molar-refractivity contribution < 1.29 is 4.79 Å². The average molecular weight is 379 g/mol. The van der Waals surface area contributed by atoms with Crippen LogP contribution >= 0.6 is 11.6 Å². The SMILES string of the molecule is O=C(c1cnc(NCc2ccccc2Cl)cn1)N1CCCc2ccccc21. The number of para-hydroxylation sites is 1. The summed E-state index contributed by atoms with van der Waals surface area (Å²) in [5.41, 5.74) is 3.49. The van der Waals surface area contributed by atoms with Crippen molar-refractivity contribution in [1.82, 2.24) is 9.97 Å². The summed E-state index contributed by atoms with van der Waals surface area (Å²) >= 11 is 6.16. The summed E-state index contributed by atoms with van der Waals surface area (Å²) in [7, 11) is 0. The van der Waals surface area contributed by atoms with Crippen molar-refractivity contribution in [1.29, 1.82) is 0 Å². The van der Waals surface area contributed by atoms with Gasteiger partial charge in [-0.05, 0) is 36.1 Å². The molecule has 1 aliphatic heterocycles. The number of rotatable bonds is 4. The lowest BCUT2D eigenvalue weighted by Gasteiger charge is -2.29. The summed E-state index contributed by atoms with van der Waals surface area (Å²) in [6.45, 7) is 1.24. The molecule has 0 aliphatic carbocycles. The average Bonchev–Trinajstić information content (AvgIpc) is 2.73. The second kappa shape index (κ2) is 7.76. The van der Waals surface area contributed by atoms with E-state index in [2.05, 4.69) is 21.4 Å². The number of anilines is 2. The Morgan fingerprint density at radius 3 is 2.70 bits per heavy atom. The third-order valence-electron chi connectivity index (χ3n) is 4.64. The largest absolute Gasteiger partial charge is 0.365 e. The lowest BCUT2D eigenvalue weighted by Crippen LogP contribution is -2.36. The van der Waals surface area contributed by atoms with Gasteiger partial charge in [-0.25, -0.2) is 9.97 Å². The van der Waals surface area contributed by atoms with Gasteiger partial charge in [-0.15, -0.1) is 0 Å². The van der Waals surface area contributed by atoms with Crippen LogP contribution in [-0.4, -0.2) is 22.4 Å². The van der Waals surface area contributed by atoms with Crippen LogP contribution in [0.1, 0.15) is 28.0 Å². The van der Waals surface area contributed by atoms with Crippen LogP contribution in [0, 0.1) is 0 Å². The summed E-state index contributed by atoms with van der Waals surface area (Å²) in [4.78, 5) is 23.3. The van der Waals surface area contributed by atoms with Gasteiger partial charge >= 0.3 is 0 Å². The van der Waals surface area contributed by atoms with Crippen molar-refractivity contribution in [2.24, 2.45) is 0 Å². The van der Waals surface area contributed by atoms with Gasteiger partial charge in [0.25, 0.3) is 5.91 Å². The Hall–Kier alpha value is -2.92. The van der Waals surface area contributed by atoms with Gasteiger partial charge in [0.15, 0.2) is 0 Å². The van der Waals surface area contributed by atoms with Crippen LogP contribution in [0.25, 0.3) is 0 Å². The van der Waals surface area contributed by atoms with E-state index >= 15 is 0 Å². The normalized spacial score (nSPS) is 13.1. The minimum atomic E-state index is -0.118. The van der Waals surface area contributed by atoms with Crippen LogP contribution in [0.15, 0.2) is 60.9 Å². The van der Waals surface area contributed by atoms with E-state index in [-0.39, 0.29) is 5.91 Å². The molecule has 0 fully saturated rings. The van der Waals surface area contributed by atoms with E-state index in [1.54, 1.807) is 11.1 Å². The maximum absolute atomic E-state index is 12.9. The second-order valence-corrected chi connectivity index (χ2v) is 6.83. The number of nitrogens with one attached hydrogen (secondary N) is 1. The Labute approximate surface area is 163 Å². The molecule has 0 bridgehead atoms. The third-order valence-corrected chi connectivity index (χ3v) is 5.01. The molecule has 0 atom stereocenters. The molecule has 4 rings (SSSR count). The monoisotopic (exact) mass is 378 g/mol. The molecule has 1 N–H and O–H groups in total. The number of aryl methyl sites for hydroxylation is 1. The van der Waals surface area contributed by atoms with E-state index in [4.69, 9.17) is 11.6 Å². The predicted molar refractivity (Wildman–Crippen MR) is 107 cm³/mol. The first-order chi connectivity index (χ1) is 13.2. The number of amides is 1. The zero-order chi connectivity index (χ0) is 18.6. The smallest absolute Gasteiger partial charge is 0.278 e. The molecule has 27 heavy (non-hydrogen) atoms. The van der Waals surface area contributed by atoms with Crippen LogP contribution in [-0.2, 0) is 13.0 Å². The van der Waals surface area contributed by atoms with Gasteiger partial charge < -0.3 is 10.2 Å². The number of aromatic nitrogens is 2. The molecule has 3 aromatic rings. The first kappa shape index (κ1) is 17.5. The highest BCUT2D eigenvalue weighted by molar-refractivity contribution is 6.31. The molecule has 0 saturated carbocycles. The molecule has 5 nitrogen and oxygen atoms in total. The molecule has 6 heteroatoms. The third kappa shape index (κ3) is 3.78. The highest BCUT2D eigenvalue weighted by atomic mass is 35.5. The Morgan fingerprint density at radius 1 is 1.07 bits per heavy atom. The lowest BCUT2D eigenvalue weighted by atomic mass is 10.0. The number of benzene rings is 2. The van der Waals surface area contributed by atoms with Crippen LogP contribution in [0.5, 0.6) is 0 Å². The van der Waals surface area contributed by atoms with Crippen LogP contribution < -0.4 is 10.2 Å². The predicted octanol–water partition coefficient (Wildman–Crippen LogP) is 4.34. The Balaban J connectivity index is 1.46. The Bertz CT molecular complexity index is 958. The zero-order valence-corrected chi connectivity index (χ0v) is 15.5. The molecule has 0 saturated heterocycles. The van der Waals surface area contributed by atoms with Gasteiger partial charge in [0.2, 0.25) is 0 Å². The number of carbonyl (C=O) groups excluding carboxylic acids is 1. The zero-order valence-electron chi connectivity index (χ0n) is 14.7. The number of fused-ring (bicyclic) bond motifs is 1. The summed E-state index contributed by atoms with van der Waals surface area (Å²) in [6, 6.07) is 15.7. The molecule has 2 aromatic carbocycles. The molecule has 0 radical (unpaired) electrons. The van der Waals surface area contributed by atoms with E-state index < -0.39 is 0 Å². The lowest BCUT2D eigenvalue weighted by molar-refractivity contribution is 0.0980. The van der Waals surface area contributed by atoms with E-state index in [9.17, 15) is 4.79 Å². The fourth-order valence-corrected chi connectivity index (χ4v) is 3.44. The fourth-order valence-electron chi connectivity index (χ4n) is 3.24. The first-order valence-corrected chi connectivity index (χ1v) is 9.29. The molecule has 136 valence electrons. The van der Waals surface area contributed by atoms with Crippen molar-refractivity contribution in [3.05, 3.63) is 82.8 Å². The highest BCUT2D eigenvalue weighted by Gasteiger charge is 2.24. The topological polar surface area (TPSA) is 58.1 Å². The fraction of sp³-hybridized carbons (Fsp3) is 0.190. The summed E-state index contributed by atoms with van der Waals surface area (Å²) in [6.07, 6.45) is 5.05. The van der Waals surface area contributed by atoms with Crippen molar-refractivity contribution >= 4 is 29.0 Å². The molecule has 1 aromatic heterocycles. The van der Waals surface area contributed by atoms with Gasteiger partial charge in [-0.3, -0.25) is 4.79 Å². The number of hydrogen-bond donors (Lipinski definition) is 1. The number of nitrogens with zero attached hydrogens (tertiary/aromatic N) is 3. The summed E-state index contributed by atoms with van der Waals surface area (Å²) in [5, 5.41) is 3.88. The highest BCUT2D eigenvalue weighted by Crippen LogP contribution is 2.27. The van der Waals surface area contributed by atoms with Gasteiger partial charge in [-0.2, -0.15) is 0 Å². The van der Waals surface area contributed by atoms with E-state index in [0.29, 0.717) is 29.6 Å². The molecule has 0 spiro atoms. The molecule has 1 amide bonds. The standard InChI is InChI=1S/C21H19ClN4O/c22-17-9-3-1-7-16(17)12-24-20-14-23-18(13-25-20)21(27)26-11-5-8-15-6-2-4-10-19(15)26/h1-4,6-7,9-10,13-14H,5,8,11-12H2,(H,24,25). The van der Waals surface area contributed by atoms with E-state index in [1.165, 1.54) is 11.8 Å². The first-order valence-electron chi connectivity index (χ1n) is 8.91. The van der Waals surface area contributed by atoms with E-state index in [0.717, 1.165) is 24.1 Å². The van der Waals surface area contributed by atoms with E-state index in [1.807, 2.05) is 42.5 Å². The minimum Gasteiger partial charge on any atom is -0.365 e. The van der Waals surface area contributed by atoms with Gasteiger partial charge in [0, 0.05) is 23.8 Å². The van der Waals surface area contributed by atoms with Crippen molar-refractivity contribution in [3.8, 4) is 0 Å². The Kier molecular flexibility index (Phi) is 5.03. The van der Waals surface area contributed by atoms with Crippen molar-refractivity contribution in [2.45, 2.75) is 19.4 Å². The summed E-state index contributed by atoms with van der Waals surface area (Å²) < 4.78 is 0. The second-order valence-electron chi connectivity index (χ2n) is 6.42. The molecular formula is C21H19ClN4O. The molecular weight excluding hydrogens is 360 g/mol. The Morgan fingerprint density at radius 2 is 1.89 bits per heavy atom. The van der Waals surface area contributed by atoms with Crippen LogP contribution in [0.3, 0.4) is 0 Å². The van der Waals surface area contributed by atoms with Crippen molar-refractivity contribution in [3.63, 3.8) is 0 Å². The molecule has 1 aliphatic rings. The van der Waals surface area contributed by atoms with Crippen LogP contribution in [0.2, 0.25) is 5.02 Å². The van der Waals surface area contributed by atoms with Crippen LogP contribution in [0.4, 0.5) is 11.5 Å². The van der Waals surface area contributed by atoms with Gasteiger partial charge in [0.1, 0.15) is 11.5 Å². The minimum absolute atomic E-state index is 0.118. The molecule has 2 heterocycles. The number of hydrogen-bond acceptors (Lipinski definition) is 4. The maximum atomic E-state index is 12.9. The molecule has 0 unspecified atom stereocenters. The number of halogens is 1. The van der Waals surface area contributed by atoms with Gasteiger partial charge in [0.05, 0.1) is 12.4 Å². The quantitative estimate of drug-likeness (QED) is 0.733. The van der Waals surface area contributed by atoms with Gasteiger partial charge in [-0.1, -0.05) is 48.0 Å². The number of carbonyl (C=O) groups is 1.